The van der Waals surface area contributed by atoms with Gasteiger partial charge in [-0.05, 0) is 35.4 Å². The lowest BCUT2D eigenvalue weighted by atomic mass is 10.1. The van der Waals surface area contributed by atoms with Crippen LogP contribution in [0.4, 0.5) is 4.39 Å². The van der Waals surface area contributed by atoms with E-state index in [9.17, 15) is 0 Å². The van der Waals surface area contributed by atoms with E-state index in [4.69, 9.17) is 14.2 Å². The van der Waals surface area contributed by atoms with Crippen LogP contribution in [-0.2, 0) is 6.42 Å². The minimum Gasteiger partial charge on any atom is -0.493 e. The molecular formula is C28H22FN3O3. The first-order chi connectivity index (χ1) is 17.1. The first-order valence-electron chi connectivity index (χ1n) is 11.0. The van der Waals surface area contributed by atoms with Crippen molar-refractivity contribution in [1.82, 2.24) is 15.0 Å². The second kappa shape index (κ2) is 9.77. The number of fused-ring (bicyclic) bond motifs is 1. The van der Waals surface area contributed by atoms with Crippen LogP contribution in [0, 0.1) is 5.82 Å². The lowest BCUT2D eigenvalue weighted by Gasteiger charge is -2.13. The van der Waals surface area contributed by atoms with Crippen LogP contribution in [0.2, 0.25) is 0 Å². The Hall–Kier alpha value is -4.52. The van der Waals surface area contributed by atoms with Crippen LogP contribution in [0.3, 0.4) is 0 Å². The summed E-state index contributed by atoms with van der Waals surface area (Å²) in [5.41, 5.74) is 3.16. The van der Waals surface area contributed by atoms with Gasteiger partial charge in [-0.3, -0.25) is 4.98 Å². The zero-order valence-corrected chi connectivity index (χ0v) is 19.2. The Bertz CT molecular complexity index is 1480. The van der Waals surface area contributed by atoms with E-state index < -0.39 is 5.82 Å². The molecule has 0 aliphatic carbocycles. The molecule has 35 heavy (non-hydrogen) atoms. The maximum Gasteiger partial charge on any atom is 0.166 e. The van der Waals surface area contributed by atoms with Crippen molar-refractivity contribution in [3.8, 4) is 34.1 Å². The maximum atomic E-state index is 15.0. The molecule has 0 fully saturated rings. The number of hydrogen-bond acceptors (Lipinski definition) is 6. The average Bonchev–Trinajstić information content (AvgIpc) is 2.90. The Balaban J connectivity index is 1.38. The van der Waals surface area contributed by atoms with Crippen molar-refractivity contribution < 1.29 is 18.6 Å². The van der Waals surface area contributed by atoms with Crippen LogP contribution in [-0.4, -0.2) is 29.2 Å². The van der Waals surface area contributed by atoms with Crippen LogP contribution in [0.5, 0.6) is 23.0 Å². The van der Waals surface area contributed by atoms with Gasteiger partial charge >= 0.3 is 0 Å². The van der Waals surface area contributed by atoms with Crippen molar-refractivity contribution in [2.45, 2.75) is 6.42 Å². The zero-order chi connectivity index (χ0) is 24.2. The van der Waals surface area contributed by atoms with Crippen molar-refractivity contribution in [3.63, 3.8) is 0 Å². The predicted molar refractivity (Wildman–Crippen MR) is 132 cm³/mol. The van der Waals surface area contributed by atoms with Crippen LogP contribution < -0.4 is 14.2 Å². The molecule has 0 atom stereocenters. The number of nitrogens with zero attached hydrogens (tertiary/aromatic N) is 3. The fraction of sp³-hybridized carbons (Fsp3) is 0.107. The quantitative estimate of drug-likeness (QED) is 0.283. The first-order valence-corrected chi connectivity index (χ1v) is 11.0. The minimum atomic E-state index is -0.499. The van der Waals surface area contributed by atoms with Crippen molar-refractivity contribution in [2.24, 2.45) is 0 Å². The molecule has 0 aliphatic rings. The number of rotatable bonds is 7. The van der Waals surface area contributed by atoms with Crippen LogP contribution >= 0.6 is 0 Å². The van der Waals surface area contributed by atoms with Gasteiger partial charge in [0.25, 0.3) is 0 Å². The van der Waals surface area contributed by atoms with Crippen molar-refractivity contribution in [1.29, 1.82) is 0 Å². The summed E-state index contributed by atoms with van der Waals surface area (Å²) in [7, 11) is 3.11. The van der Waals surface area contributed by atoms with Gasteiger partial charge in [0.15, 0.2) is 23.1 Å². The fourth-order valence-corrected chi connectivity index (χ4v) is 3.79. The highest BCUT2D eigenvalue weighted by Crippen LogP contribution is 2.37. The maximum absolute atomic E-state index is 15.0. The molecule has 0 aliphatic heterocycles. The molecule has 0 bridgehead atoms. The summed E-state index contributed by atoms with van der Waals surface area (Å²) in [6.45, 7) is 0. The SMILES string of the molecule is COc1cc2nccc(Oc3ccc(-c4cnc(Cc5ccccc5)nc4)cc3F)c2cc1OC. The third-order valence-electron chi connectivity index (χ3n) is 5.60. The monoisotopic (exact) mass is 467 g/mol. The average molecular weight is 468 g/mol. The van der Waals surface area contributed by atoms with Gasteiger partial charge in [0.1, 0.15) is 11.6 Å². The molecule has 0 amide bonds. The number of aromatic nitrogens is 3. The van der Waals surface area contributed by atoms with Crippen molar-refractivity contribution >= 4 is 10.9 Å². The minimum absolute atomic E-state index is 0.0950. The van der Waals surface area contributed by atoms with E-state index in [0.29, 0.717) is 46.0 Å². The second-order valence-corrected chi connectivity index (χ2v) is 7.83. The lowest BCUT2D eigenvalue weighted by molar-refractivity contribution is 0.355. The van der Waals surface area contributed by atoms with E-state index in [1.807, 2.05) is 30.3 Å². The fourth-order valence-electron chi connectivity index (χ4n) is 3.79. The van der Waals surface area contributed by atoms with E-state index >= 15 is 4.39 Å². The molecule has 7 heteroatoms. The molecule has 0 N–H and O–H groups in total. The third kappa shape index (κ3) is 4.75. The standard InChI is InChI=1S/C28H22FN3O3/c1-33-26-14-21-23(15-27(26)34-2)30-11-10-24(21)35-25-9-8-19(13-22(25)29)20-16-31-28(32-17-20)12-18-6-4-3-5-7-18/h3-11,13-17H,12H2,1-2H3. The van der Waals surface area contributed by atoms with Crippen molar-refractivity contribution in [2.75, 3.05) is 14.2 Å². The van der Waals surface area contributed by atoms with Gasteiger partial charge in [-0.2, -0.15) is 0 Å². The summed E-state index contributed by atoms with van der Waals surface area (Å²) in [5.74, 6) is 1.84. The van der Waals surface area contributed by atoms with E-state index in [1.54, 1.807) is 63.1 Å². The normalized spacial score (nSPS) is 10.8. The molecular weight excluding hydrogens is 445 g/mol. The molecule has 0 saturated heterocycles. The van der Waals surface area contributed by atoms with E-state index in [1.165, 1.54) is 6.07 Å². The van der Waals surface area contributed by atoms with E-state index in [0.717, 1.165) is 11.1 Å². The molecule has 0 spiro atoms. The summed E-state index contributed by atoms with van der Waals surface area (Å²) >= 11 is 0. The summed E-state index contributed by atoms with van der Waals surface area (Å²) in [5, 5.41) is 0.677. The number of methoxy groups -OCH3 is 2. The third-order valence-corrected chi connectivity index (χ3v) is 5.60. The number of pyridine rings is 1. The smallest absolute Gasteiger partial charge is 0.166 e. The number of ether oxygens (including phenoxy) is 3. The van der Waals surface area contributed by atoms with Gasteiger partial charge in [-0.15, -0.1) is 0 Å². The summed E-state index contributed by atoms with van der Waals surface area (Å²) < 4.78 is 31.7. The summed E-state index contributed by atoms with van der Waals surface area (Å²) in [6.07, 6.45) is 5.65. The molecule has 0 saturated carbocycles. The summed E-state index contributed by atoms with van der Waals surface area (Å²) in [4.78, 5) is 13.2. The Morgan fingerprint density at radius 2 is 1.46 bits per heavy atom. The van der Waals surface area contributed by atoms with Crippen LogP contribution in [0.15, 0.2) is 85.3 Å². The lowest BCUT2D eigenvalue weighted by Crippen LogP contribution is -1.97. The molecule has 174 valence electrons. The van der Waals surface area contributed by atoms with Gasteiger partial charge in [0.05, 0.1) is 19.7 Å². The molecule has 5 aromatic rings. The second-order valence-electron chi connectivity index (χ2n) is 7.83. The largest absolute Gasteiger partial charge is 0.493 e. The topological polar surface area (TPSA) is 66.4 Å². The summed E-state index contributed by atoms with van der Waals surface area (Å²) in [6, 6.07) is 20.0. The van der Waals surface area contributed by atoms with Crippen molar-refractivity contribution in [3.05, 3.63) is 103 Å². The molecule has 2 heterocycles. The van der Waals surface area contributed by atoms with E-state index in [-0.39, 0.29) is 5.75 Å². The highest BCUT2D eigenvalue weighted by molar-refractivity contribution is 5.88. The molecule has 3 aromatic carbocycles. The van der Waals surface area contributed by atoms with Crippen LogP contribution in [0.25, 0.3) is 22.0 Å². The Kier molecular flexibility index (Phi) is 6.22. The predicted octanol–water partition coefficient (Wildman–Crippen LogP) is 6.23. The van der Waals surface area contributed by atoms with Gasteiger partial charge in [-0.1, -0.05) is 36.4 Å². The molecule has 0 radical (unpaired) electrons. The Morgan fingerprint density at radius 1 is 0.714 bits per heavy atom. The molecule has 5 rings (SSSR count). The van der Waals surface area contributed by atoms with Gasteiger partial charge in [0.2, 0.25) is 0 Å². The highest BCUT2D eigenvalue weighted by atomic mass is 19.1. The molecule has 6 nitrogen and oxygen atoms in total. The number of hydrogen-bond donors (Lipinski definition) is 0. The number of benzene rings is 3. The van der Waals surface area contributed by atoms with E-state index in [2.05, 4.69) is 15.0 Å². The van der Waals surface area contributed by atoms with Gasteiger partial charge < -0.3 is 14.2 Å². The zero-order valence-electron chi connectivity index (χ0n) is 19.2. The van der Waals surface area contributed by atoms with Gasteiger partial charge in [0, 0.05) is 42.0 Å². The van der Waals surface area contributed by atoms with Gasteiger partial charge in [-0.25, -0.2) is 14.4 Å². The number of halogens is 1. The highest BCUT2D eigenvalue weighted by Gasteiger charge is 2.14. The Morgan fingerprint density at radius 3 is 2.17 bits per heavy atom. The first kappa shape index (κ1) is 22.3. The molecule has 2 aromatic heterocycles. The molecule has 0 unspecified atom stereocenters. The Labute approximate surface area is 202 Å². The van der Waals surface area contributed by atoms with Crippen LogP contribution in [0.1, 0.15) is 11.4 Å².